The number of amides is 1. The summed E-state index contributed by atoms with van der Waals surface area (Å²) in [7, 11) is 0. The van der Waals surface area contributed by atoms with Crippen molar-refractivity contribution in [3.63, 3.8) is 0 Å². The van der Waals surface area contributed by atoms with Crippen molar-refractivity contribution in [2.75, 3.05) is 23.3 Å². The molecule has 3 aromatic rings. The van der Waals surface area contributed by atoms with E-state index in [0.29, 0.717) is 47.5 Å². The number of nitrogens with zero attached hydrogens (tertiary/aromatic N) is 3. The van der Waals surface area contributed by atoms with Crippen molar-refractivity contribution in [2.45, 2.75) is 19.8 Å². The molecule has 1 fully saturated rings. The van der Waals surface area contributed by atoms with Gasteiger partial charge in [-0.15, -0.1) is 0 Å². The molecule has 1 saturated heterocycles. The molecule has 140 valence electrons. The Morgan fingerprint density at radius 1 is 1.37 bits per heavy atom. The van der Waals surface area contributed by atoms with Crippen LogP contribution in [0.15, 0.2) is 29.3 Å². The molecule has 0 bridgehead atoms. The Labute approximate surface area is 158 Å². The van der Waals surface area contributed by atoms with Crippen molar-refractivity contribution in [2.24, 2.45) is 5.92 Å². The molecular formula is C18H18FN5O2S. The maximum absolute atomic E-state index is 13.2. The third-order valence-corrected chi connectivity index (χ3v) is 5.87. The summed E-state index contributed by atoms with van der Waals surface area (Å²) in [5.74, 6) is -0.476. The Kier molecular flexibility index (Phi) is 4.61. The van der Waals surface area contributed by atoms with Crippen LogP contribution in [0.4, 0.5) is 15.2 Å². The minimum atomic E-state index is -0.317. The van der Waals surface area contributed by atoms with Gasteiger partial charge in [0.05, 0.1) is 6.33 Å². The third kappa shape index (κ3) is 3.55. The Morgan fingerprint density at radius 2 is 2.15 bits per heavy atom. The molecule has 0 unspecified atom stereocenters. The van der Waals surface area contributed by atoms with Gasteiger partial charge in [-0.25, -0.2) is 9.37 Å². The summed E-state index contributed by atoms with van der Waals surface area (Å²) >= 11 is 1.32. The Bertz CT molecular complexity index is 1060. The van der Waals surface area contributed by atoms with Crippen LogP contribution in [-0.2, 0) is 4.79 Å². The molecule has 4 rings (SSSR count). The van der Waals surface area contributed by atoms with Crippen LogP contribution in [0, 0.1) is 18.7 Å². The van der Waals surface area contributed by atoms with E-state index in [1.165, 1.54) is 29.8 Å². The van der Waals surface area contributed by atoms with Gasteiger partial charge in [-0.2, -0.15) is 4.98 Å². The van der Waals surface area contributed by atoms with E-state index in [0.717, 1.165) is 5.13 Å². The van der Waals surface area contributed by atoms with Crippen molar-refractivity contribution < 1.29 is 9.18 Å². The maximum Gasteiger partial charge on any atom is 0.270 e. The van der Waals surface area contributed by atoms with E-state index in [9.17, 15) is 14.0 Å². The van der Waals surface area contributed by atoms with E-state index in [1.54, 1.807) is 13.0 Å². The monoisotopic (exact) mass is 387 g/mol. The van der Waals surface area contributed by atoms with Crippen LogP contribution in [0.5, 0.6) is 0 Å². The Hall–Kier alpha value is -2.81. The van der Waals surface area contributed by atoms with Gasteiger partial charge in [0, 0.05) is 24.7 Å². The molecule has 7 nitrogen and oxygen atoms in total. The van der Waals surface area contributed by atoms with Crippen LogP contribution in [0.3, 0.4) is 0 Å². The number of hydrogen-bond donors (Lipinski definition) is 2. The lowest BCUT2D eigenvalue weighted by Crippen LogP contribution is -2.38. The highest BCUT2D eigenvalue weighted by Crippen LogP contribution is 2.29. The van der Waals surface area contributed by atoms with Crippen LogP contribution in [-0.4, -0.2) is 33.9 Å². The number of thiazole rings is 1. The van der Waals surface area contributed by atoms with Gasteiger partial charge >= 0.3 is 0 Å². The molecule has 27 heavy (non-hydrogen) atoms. The minimum Gasteiger partial charge on any atom is -0.348 e. The van der Waals surface area contributed by atoms with Gasteiger partial charge in [-0.05, 0) is 43.5 Å². The second-order valence-corrected chi connectivity index (χ2v) is 7.57. The molecule has 2 N–H and O–H groups in total. The number of aromatic amines is 1. The van der Waals surface area contributed by atoms with E-state index in [1.807, 2.05) is 0 Å². The first kappa shape index (κ1) is 17.6. The summed E-state index contributed by atoms with van der Waals surface area (Å²) in [6.07, 6.45) is 2.72. The summed E-state index contributed by atoms with van der Waals surface area (Å²) in [4.78, 5) is 37.5. The number of hydrogen-bond acceptors (Lipinski definition) is 6. The SMILES string of the molecule is Cc1cc(F)ccc1NC(=O)C1CCN(c2nc3nc[nH]c(=O)c3s2)CC1. The Morgan fingerprint density at radius 3 is 2.85 bits per heavy atom. The second-order valence-electron chi connectivity index (χ2n) is 6.59. The van der Waals surface area contributed by atoms with Crippen molar-refractivity contribution in [3.05, 3.63) is 46.3 Å². The lowest BCUT2D eigenvalue weighted by atomic mass is 9.96. The van der Waals surface area contributed by atoms with Gasteiger partial charge < -0.3 is 15.2 Å². The predicted octanol–water partition coefficient (Wildman–Crippen LogP) is 2.68. The molecule has 1 aliphatic rings. The number of nitrogens with one attached hydrogen (secondary N) is 2. The number of carbonyl (C=O) groups is 1. The van der Waals surface area contributed by atoms with Gasteiger partial charge in [0.1, 0.15) is 10.5 Å². The highest BCUT2D eigenvalue weighted by atomic mass is 32.1. The van der Waals surface area contributed by atoms with Gasteiger partial charge in [-0.1, -0.05) is 11.3 Å². The quantitative estimate of drug-likeness (QED) is 0.721. The molecule has 0 aliphatic carbocycles. The van der Waals surface area contributed by atoms with Crippen molar-refractivity contribution in [1.29, 1.82) is 0 Å². The molecule has 1 aromatic carbocycles. The molecule has 2 aromatic heterocycles. The van der Waals surface area contributed by atoms with Gasteiger partial charge in [0.15, 0.2) is 10.8 Å². The number of aromatic nitrogens is 3. The first-order chi connectivity index (χ1) is 13.0. The van der Waals surface area contributed by atoms with Crippen LogP contribution in [0.25, 0.3) is 10.3 Å². The number of halogens is 1. The number of fused-ring (bicyclic) bond motifs is 1. The summed E-state index contributed by atoms with van der Waals surface area (Å²) in [5, 5.41) is 3.65. The highest BCUT2D eigenvalue weighted by Gasteiger charge is 2.27. The predicted molar refractivity (Wildman–Crippen MR) is 103 cm³/mol. The molecule has 0 atom stereocenters. The molecule has 9 heteroatoms. The zero-order valence-electron chi connectivity index (χ0n) is 14.7. The van der Waals surface area contributed by atoms with Crippen LogP contribution in [0.1, 0.15) is 18.4 Å². The Balaban J connectivity index is 1.41. The number of rotatable bonds is 3. The minimum absolute atomic E-state index is 0.0493. The first-order valence-electron chi connectivity index (χ1n) is 8.67. The number of carbonyl (C=O) groups excluding carboxylic acids is 1. The van der Waals surface area contributed by atoms with Gasteiger partial charge in [0.2, 0.25) is 5.91 Å². The highest BCUT2D eigenvalue weighted by molar-refractivity contribution is 7.22. The fraction of sp³-hybridized carbons (Fsp3) is 0.333. The first-order valence-corrected chi connectivity index (χ1v) is 9.49. The van der Waals surface area contributed by atoms with E-state index >= 15 is 0 Å². The number of piperidine rings is 1. The second kappa shape index (κ2) is 7.07. The van der Waals surface area contributed by atoms with Crippen LogP contribution < -0.4 is 15.8 Å². The fourth-order valence-electron chi connectivity index (χ4n) is 3.22. The summed E-state index contributed by atoms with van der Waals surface area (Å²) in [5.41, 5.74) is 1.60. The van der Waals surface area contributed by atoms with E-state index in [-0.39, 0.29) is 23.2 Å². The lowest BCUT2D eigenvalue weighted by Gasteiger charge is -2.31. The van der Waals surface area contributed by atoms with E-state index in [2.05, 4.69) is 25.2 Å². The summed E-state index contributed by atoms with van der Waals surface area (Å²) in [6, 6.07) is 4.33. The van der Waals surface area contributed by atoms with Crippen LogP contribution >= 0.6 is 11.3 Å². The maximum atomic E-state index is 13.2. The average molecular weight is 387 g/mol. The molecule has 1 aliphatic heterocycles. The lowest BCUT2D eigenvalue weighted by molar-refractivity contribution is -0.120. The molecule has 0 spiro atoms. The zero-order chi connectivity index (χ0) is 19.0. The number of aryl methyl sites for hydroxylation is 1. The van der Waals surface area contributed by atoms with Crippen molar-refractivity contribution in [1.82, 2.24) is 15.0 Å². The molecule has 3 heterocycles. The number of benzene rings is 1. The summed E-state index contributed by atoms with van der Waals surface area (Å²) in [6.45, 7) is 3.13. The van der Waals surface area contributed by atoms with Gasteiger partial charge in [0.25, 0.3) is 5.56 Å². The standard InChI is InChI=1S/C18H18FN5O2S/c1-10-8-12(19)2-3-13(10)22-16(25)11-4-6-24(7-5-11)18-23-15-14(27-18)17(26)21-9-20-15/h2-3,8-9,11H,4-7H2,1H3,(H,22,25)(H,20,21,26). The van der Waals surface area contributed by atoms with Crippen LogP contribution in [0.2, 0.25) is 0 Å². The molecule has 1 amide bonds. The van der Waals surface area contributed by atoms with Crippen molar-refractivity contribution in [3.8, 4) is 0 Å². The summed E-state index contributed by atoms with van der Waals surface area (Å²) < 4.78 is 13.7. The molecular weight excluding hydrogens is 369 g/mol. The van der Waals surface area contributed by atoms with Gasteiger partial charge in [-0.3, -0.25) is 9.59 Å². The molecule has 0 saturated carbocycles. The average Bonchev–Trinajstić information content (AvgIpc) is 3.10. The van der Waals surface area contributed by atoms with E-state index in [4.69, 9.17) is 0 Å². The normalized spacial score (nSPS) is 15.3. The largest absolute Gasteiger partial charge is 0.348 e. The fourth-order valence-corrected chi connectivity index (χ4v) is 4.19. The zero-order valence-corrected chi connectivity index (χ0v) is 15.5. The third-order valence-electron chi connectivity index (χ3n) is 4.77. The topological polar surface area (TPSA) is 91.0 Å². The number of H-pyrrole nitrogens is 1. The van der Waals surface area contributed by atoms with Crippen molar-refractivity contribution >= 4 is 38.4 Å². The molecule has 0 radical (unpaired) electrons. The smallest absolute Gasteiger partial charge is 0.270 e. The van der Waals surface area contributed by atoms with E-state index < -0.39 is 0 Å². The number of anilines is 2.